The van der Waals surface area contributed by atoms with Crippen molar-refractivity contribution in [2.24, 2.45) is 0 Å². The Bertz CT molecular complexity index is 220. The molecule has 1 N–H and O–H groups in total. The lowest BCUT2D eigenvalue weighted by atomic mass is 9.88. The van der Waals surface area contributed by atoms with Crippen molar-refractivity contribution in [3.8, 4) is 0 Å². The van der Waals surface area contributed by atoms with Crippen LogP contribution < -0.4 is 5.32 Å². The average molecular weight is 191 g/mol. The third-order valence-electron chi connectivity index (χ3n) is 2.43. The fourth-order valence-corrected chi connectivity index (χ4v) is 1.50. The van der Waals surface area contributed by atoms with E-state index in [1.165, 1.54) is 0 Å². The lowest BCUT2D eigenvalue weighted by molar-refractivity contribution is -0.151. The maximum Gasteiger partial charge on any atom is 0.252 e. The van der Waals surface area contributed by atoms with Crippen LogP contribution >= 0.6 is 0 Å². The number of hydrogen-bond donors (Lipinski definition) is 1. The normalized spacial score (nSPS) is 31.7. The van der Waals surface area contributed by atoms with E-state index in [1.54, 1.807) is 0 Å². The molecule has 1 saturated heterocycles. The molecule has 13 heavy (non-hydrogen) atoms. The lowest BCUT2D eigenvalue weighted by Crippen LogP contribution is -2.54. The zero-order valence-electron chi connectivity index (χ0n) is 7.06. The predicted octanol–water partition coefficient (Wildman–Crippen LogP) is 0.689. The first-order chi connectivity index (χ1) is 6.07. The topological polar surface area (TPSA) is 38.3 Å². The molecule has 0 aromatic heterocycles. The van der Waals surface area contributed by atoms with Crippen LogP contribution in [0.3, 0.4) is 0 Å². The molecule has 2 aliphatic rings. The summed E-state index contributed by atoms with van der Waals surface area (Å²) in [7, 11) is 0. The highest BCUT2D eigenvalue weighted by Gasteiger charge is 2.46. The third kappa shape index (κ3) is 1.80. The minimum absolute atomic E-state index is 0.231. The molecule has 1 aliphatic carbocycles. The van der Waals surface area contributed by atoms with Crippen LogP contribution in [0.15, 0.2) is 0 Å². The Labute approximate surface area is 74.4 Å². The molecule has 0 radical (unpaired) electrons. The Morgan fingerprint density at radius 2 is 2.08 bits per heavy atom. The zero-order chi connectivity index (χ0) is 9.47. The predicted molar refractivity (Wildman–Crippen MR) is 40.5 cm³/mol. The number of nitrogens with one attached hydrogen (secondary N) is 1. The highest BCUT2D eigenvalue weighted by molar-refractivity contribution is 5.81. The van der Waals surface area contributed by atoms with E-state index in [2.05, 4.69) is 5.32 Å². The largest absolute Gasteiger partial charge is 0.368 e. The summed E-state index contributed by atoms with van der Waals surface area (Å²) in [6.45, 7) is 0.596. The molecule has 1 saturated carbocycles. The van der Waals surface area contributed by atoms with Gasteiger partial charge < -0.3 is 10.1 Å². The van der Waals surface area contributed by atoms with Gasteiger partial charge in [0.25, 0.3) is 5.92 Å². The highest BCUT2D eigenvalue weighted by atomic mass is 19.3. The van der Waals surface area contributed by atoms with Gasteiger partial charge in [-0.15, -0.1) is 0 Å². The smallest absolute Gasteiger partial charge is 0.252 e. The van der Waals surface area contributed by atoms with E-state index in [9.17, 15) is 13.6 Å². The van der Waals surface area contributed by atoms with Gasteiger partial charge in [-0.2, -0.15) is 0 Å². The van der Waals surface area contributed by atoms with Gasteiger partial charge in [-0.05, 0) is 0 Å². The molecule has 0 aromatic carbocycles. The van der Waals surface area contributed by atoms with Crippen molar-refractivity contribution in [1.29, 1.82) is 0 Å². The number of amides is 1. The first-order valence-corrected chi connectivity index (χ1v) is 4.37. The second kappa shape index (κ2) is 2.90. The molecule has 0 bridgehead atoms. The molecule has 5 heteroatoms. The fraction of sp³-hybridized carbons (Fsp3) is 0.875. The van der Waals surface area contributed by atoms with E-state index in [-0.39, 0.29) is 24.8 Å². The SMILES string of the molecule is O=C(NC1CC(F)(F)C1)C1CCO1. The summed E-state index contributed by atoms with van der Waals surface area (Å²) >= 11 is 0. The maximum absolute atomic E-state index is 12.4. The summed E-state index contributed by atoms with van der Waals surface area (Å²) in [4.78, 5) is 11.2. The molecular weight excluding hydrogens is 180 g/mol. The van der Waals surface area contributed by atoms with E-state index in [4.69, 9.17) is 4.74 Å². The summed E-state index contributed by atoms with van der Waals surface area (Å²) < 4.78 is 29.6. The van der Waals surface area contributed by atoms with Crippen LogP contribution in [-0.4, -0.2) is 30.6 Å². The van der Waals surface area contributed by atoms with Gasteiger partial charge in [0.2, 0.25) is 5.91 Å². The van der Waals surface area contributed by atoms with Crippen molar-refractivity contribution in [3.05, 3.63) is 0 Å². The Kier molecular flexibility index (Phi) is 1.98. The van der Waals surface area contributed by atoms with Gasteiger partial charge in [0.1, 0.15) is 6.10 Å². The van der Waals surface area contributed by atoms with Crippen LogP contribution in [0.5, 0.6) is 0 Å². The van der Waals surface area contributed by atoms with Crippen molar-refractivity contribution in [2.75, 3.05) is 6.61 Å². The standard InChI is InChI=1S/C8H11F2NO2/c9-8(10)3-5(4-8)11-7(12)6-1-2-13-6/h5-6H,1-4H2,(H,11,12). The first kappa shape index (κ1) is 8.87. The van der Waals surface area contributed by atoms with E-state index >= 15 is 0 Å². The summed E-state index contributed by atoms with van der Waals surface area (Å²) in [6, 6.07) is -0.355. The van der Waals surface area contributed by atoms with Crippen molar-refractivity contribution in [2.45, 2.75) is 37.3 Å². The third-order valence-corrected chi connectivity index (χ3v) is 2.43. The van der Waals surface area contributed by atoms with Crippen LogP contribution in [-0.2, 0) is 9.53 Å². The van der Waals surface area contributed by atoms with Crippen molar-refractivity contribution >= 4 is 5.91 Å². The molecule has 1 heterocycles. The van der Waals surface area contributed by atoms with Crippen molar-refractivity contribution in [1.82, 2.24) is 5.32 Å². The minimum atomic E-state index is -2.57. The number of ether oxygens (including phenoxy) is 1. The number of halogens is 2. The van der Waals surface area contributed by atoms with E-state index in [0.29, 0.717) is 13.0 Å². The Morgan fingerprint density at radius 3 is 2.46 bits per heavy atom. The second-order valence-electron chi connectivity index (χ2n) is 3.62. The quantitative estimate of drug-likeness (QED) is 0.697. The van der Waals surface area contributed by atoms with Crippen LogP contribution in [0.25, 0.3) is 0 Å². The van der Waals surface area contributed by atoms with E-state index in [0.717, 1.165) is 0 Å². The summed E-state index contributed by atoms with van der Waals surface area (Å²) in [6.07, 6.45) is -0.152. The number of carbonyl (C=O) groups is 1. The van der Waals surface area contributed by atoms with Gasteiger partial charge in [-0.3, -0.25) is 4.79 Å². The van der Waals surface area contributed by atoms with Gasteiger partial charge in [0.15, 0.2) is 0 Å². The van der Waals surface area contributed by atoms with Crippen molar-refractivity contribution < 1.29 is 18.3 Å². The summed E-state index contributed by atoms with van der Waals surface area (Å²) in [5.74, 6) is -2.81. The Morgan fingerprint density at radius 1 is 1.46 bits per heavy atom. The van der Waals surface area contributed by atoms with Gasteiger partial charge in [0, 0.05) is 25.3 Å². The molecular formula is C8H11F2NO2. The molecule has 2 rings (SSSR count). The highest BCUT2D eigenvalue weighted by Crippen LogP contribution is 2.37. The molecule has 1 aliphatic heterocycles. The lowest BCUT2D eigenvalue weighted by Gasteiger charge is -2.37. The molecule has 1 amide bonds. The van der Waals surface area contributed by atoms with Gasteiger partial charge in [-0.1, -0.05) is 0 Å². The molecule has 0 aromatic rings. The second-order valence-corrected chi connectivity index (χ2v) is 3.62. The summed E-state index contributed by atoms with van der Waals surface area (Å²) in [5, 5.41) is 2.53. The van der Waals surface area contributed by atoms with E-state index < -0.39 is 12.0 Å². The van der Waals surface area contributed by atoms with Crippen LogP contribution in [0.1, 0.15) is 19.3 Å². The number of carbonyl (C=O) groups excluding carboxylic acids is 1. The summed E-state index contributed by atoms with van der Waals surface area (Å²) in [5.41, 5.74) is 0. The van der Waals surface area contributed by atoms with Gasteiger partial charge >= 0.3 is 0 Å². The van der Waals surface area contributed by atoms with E-state index in [1.807, 2.05) is 0 Å². The molecule has 1 unspecified atom stereocenters. The molecule has 0 spiro atoms. The molecule has 3 nitrogen and oxygen atoms in total. The van der Waals surface area contributed by atoms with Crippen LogP contribution in [0.4, 0.5) is 8.78 Å². The average Bonchev–Trinajstić information content (AvgIpc) is 1.77. The number of alkyl halides is 2. The maximum atomic E-state index is 12.4. The Balaban J connectivity index is 1.71. The van der Waals surface area contributed by atoms with Crippen LogP contribution in [0, 0.1) is 0 Å². The fourth-order valence-electron chi connectivity index (χ4n) is 1.50. The molecule has 1 atom stereocenters. The number of hydrogen-bond acceptors (Lipinski definition) is 2. The molecule has 2 fully saturated rings. The monoisotopic (exact) mass is 191 g/mol. The first-order valence-electron chi connectivity index (χ1n) is 4.37. The number of rotatable bonds is 2. The minimum Gasteiger partial charge on any atom is -0.368 e. The zero-order valence-corrected chi connectivity index (χ0v) is 7.06. The van der Waals surface area contributed by atoms with Gasteiger partial charge in [-0.25, -0.2) is 8.78 Å². The Hall–Kier alpha value is -0.710. The van der Waals surface area contributed by atoms with Crippen molar-refractivity contribution in [3.63, 3.8) is 0 Å². The molecule has 74 valence electrons. The van der Waals surface area contributed by atoms with Gasteiger partial charge in [0.05, 0.1) is 6.61 Å². The van der Waals surface area contributed by atoms with Crippen LogP contribution in [0.2, 0.25) is 0 Å².